The fourth-order valence-electron chi connectivity index (χ4n) is 0.375. The van der Waals surface area contributed by atoms with Crippen LogP contribution in [0.3, 0.4) is 0 Å². The highest BCUT2D eigenvalue weighted by atomic mass is 19.1. The summed E-state index contributed by atoms with van der Waals surface area (Å²) in [7, 11) is 0. The fraction of sp³-hybridized carbons (Fsp3) is 0.200. The molecule has 1 aliphatic rings. The van der Waals surface area contributed by atoms with Gasteiger partial charge in [0.1, 0.15) is 12.4 Å². The normalized spacial score (nSPS) is 18.1. The van der Waals surface area contributed by atoms with E-state index >= 15 is 0 Å². The van der Waals surface area contributed by atoms with Crippen LogP contribution in [0.1, 0.15) is 0 Å². The first-order valence-corrected chi connectivity index (χ1v) is 2.02. The van der Waals surface area contributed by atoms with Crippen molar-refractivity contribution in [3.8, 4) is 0 Å². The van der Waals surface area contributed by atoms with Crippen molar-refractivity contribution < 1.29 is 9.13 Å². The van der Waals surface area contributed by atoms with Crippen LogP contribution in [-0.4, -0.2) is 6.61 Å². The number of rotatable bonds is 0. The lowest BCUT2D eigenvalue weighted by Crippen LogP contribution is -1.90. The Morgan fingerprint density at radius 3 is 2.86 bits per heavy atom. The molecule has 0 N–H and O–H groups in total. The van der Waals surface area contributed by atoms with E-state index in [1.54, 1.807) is 0 Å². The maximum atomic E-state index is 11.9. The molecule has 0 aromatic rings. The van der Waals surface area contributed by atoms with Gasteiger partial charge < -0.3 is 4.74 Å². The monoisotopic (exact) mass is 100 g/mol. The second-order valence-electron chi connectivity index (χ2n) is 1.25. The number of ether oxygens (including phenoxy) is 1. The molecule has 0 bridgehead atoms. The topological polar surface area (TPSA) is 9.23 Å². The summed E-state index contributed by atoms with van der Waals surface area (Å²) in [5, 5.41) is 0. The molecule has 0 aromatic heterocycles. The Morgan fingerprint density at radius 2 is 2.57 bits per heavy atom. The Bertz CT molecular complexity index is 115. The van der Waals surface area contributed by atoms with Crippen LogP contribution in [0.5, 0.6) is 0 Å². The summed E-state index contributed by atoms with van der Waals surface area (Å²) >= 11 is 0. The molecule has 0 unspecified atom stereocenters. The molecule has 1 nitrogen and oxygen atoms in total. The molecule has 38 valence electrons. The van der Waals surface area contributed by atoms with E-state index in [0.717, 1.165) is 0 Å². The summed E-state index contributed by atoms with van der Waals surface area (Å²) in [5.74, 6) is -0.220. The first-order chi connectivity index (χ1) is 3.39. The molecule has 0 aromatic carbocycles. The van der Waals surface area contributed by atoms with Crippen LogP contribution in [0.4, 0.5) is 4.39 Å². The minimum atomic E-state index is -0.220. The van der Waals surface area contributed by atoms with Crippen molar-refractivity contribution in [2.45, 2.75) is 0 Å². The summed E-state index contributed by atoms with van der Waals surface area (Å²) in [6.45, 7) is 0.0938. The van der Waals surface area contributed by atoms with Gasteiger partial charge in [0.15, 0.2) is 0 Å². The highest BCUT2D eigenvalue weighted by Gasteiger charge is 1.93. The maximum Gasteiger partial charge on any atom is 0.139 e. The zero-order valence-electron chi connectivity index (χ0n) is 3.73. The Labute approximate surface area is 41.1 Å². The van der Waals surface area contributed by atoms with Crippen molar-refractivity contribution in [2.75, 3.05) is 6.61 Å². The SMILES string of the molecule is FC1=CC=COC1. The van der Waals surface area contributed by atoms with Crippen LogP contribution in [0.2, 0.25) is 0 Å². The molecule has 0 saturated heterocycles. The van der Waals surface area contributed by atoms with E-state index in [2.05, 4.69) is 4.74 Å². The highest BCUT2D eigenvalue weighted by molar-refractivity contribution is 5.08. The van der Waals surface area contributed by atoms with E-state index in [4.69, 9.17) is 0 Å². The zero-order valence-corrected chi connectivity index (χ0v) is 3.73. The van der Waals surface area contributed by atoms with Crippen LogP contribution >= 0.6 is 0 Å². The van der Waals surface area contributed by atoms with Gasteiger partial charge in [-0.3, -0.25) is 0 Å². The summed E-state index contributed by atoms with van der Waals surface area (Å²) in [5.41, 5.74) is 0. The van der Waals surface area contributed by atoms with E-state index in [0.29, 0.717) is 0 Å². The van der Waals surface area contributed by atoms with Crippen LogP contribution < -0.4 is 0 Å². The lowest BCUT2D eigenvalue weighted by Gasteiger charge is -1.99. The predicted molar refractivity (Wildman–Crippen MR) is 24.3 cm³/mol. The van der Waals surface area contributed by atoms with E-state index < -0.39 is 0 Å². The van der Waals surface area contributed by atoms with Gasteiger partial charge in [0, 0.05) is 0 Å². The number of hydrogen-bond acceptors (Lipinski definition) is 1. The standard InChI is InChI=1S/C5H5FO/c6-5-2-1-3-7-4-5/h1-3H,4H2. The average Bonchev–Trinajstić information content (AvgIpc) is 1.69. The summed E-state index contributed by atoms with van der Waals surface area (Å²) in [6.07, 6.45) is 4.37. The third-order valence-corrected chi connectivity index (χ3v) is 0.673. The van der Waals surface area contributed by atoms with Crippen molar-refractivity contribution in [3.05, 3.63) is 24.2 Å². The highest BCUT2D eigenvalue weighted by Crippen LogP contribution is 2.01. The Hall–Kier alpha value is -0.790. The molecular formula is C5H5FO. The Kier molecular flexibility index (Phi) is 1.11. The molecule has 0 saturated carbocycles. The van der Waals surface area contributed by atoms with Crippen molar-refractivity contribution in [1.29, 1.82) is 0 Å². The second-order valence-corrected chi connectivity index (χ2v) is 1.25. The minimum Gasteiger partial charge on any atom is -0.494 e. The van der Waals surface area contributed by atoms with E-state index in [-0.39, 0.29) is 12.4 Å². The van der Waals surface area contributed by atoms with Gasteiger partial charge in [-0.1, -0.05) is 0 Å². The third kappa shape index (κ3) is 1.03. The second kappa shape index (κ2) is 1.78. The molecule has 0 aliphatic carbocycles. The average molecular weight is 100 g/mol. The third-order valence-electron chi connectivity index (χ3n) is 0.673. The van der Waals surface area contributed by atoms with E-state index in [1.165, 1.54) is 18.4 Å². The molecule has 1 heterocycles. The molecule has 0 atom stereocenters. The largest absolute Gasteiger partial charge is 0.494 e. The molecule has 0 amide bonds. The van der Waals surface area contributed by atoms with Crippen LogP contribution in [0, 0.1) is 0 Å². The fourth-order valence-corrected chi connectivity index (χ4v) is 0.375. The number of halogens is 1. The van der Waals surface area contributed by atoms with Crippen LogP contribution in [0.25, 0.3) is 0 Å². The smallest absolute Gasteiger partial charge is 0.139 e. The molecule has 0 spiro atoms. The molecule has 1 aliphatic heterocycles. The molecule has 2 heteroatoms. The van der Waals surface area contributed by atoms with Gasteiger partial charge in [0.2, 0.25) is 0 Å². The summed E-state index contributed by atoms with van der Waals surface area (Å²) in [6, 6.07) is 0. The minimum absolute atomic E-state index is 0.0938. The van der Waals surface area contributed by atoms with Gasteiger partial charge in [0.25, 0.3) is 0 Å². The Morgan fingerprint density at radius 1 is 1.71 bits per heavy atom. The van der Waals surface area contributed by atoms with Gasteiger partial charge in [-0.2, -0.15) is 0 Å². The molecule has 0 fully saturated rings. The first kappa shape index (κ1) is 4.37. The van der Waals surface area contributed by atoms with Gasteiger partial charge >= 0.3 is 0 Å². The molecular weight excluding hydrogens is 95.1 g/mol. The lowest BCUT2D eigenvalue weighted by atomic mass is 10.4. The molecule has 7 heavy (non-hydrogen) atoms. The zero-order chi connectivity index (χ0) is 5.11. The van der Waals surface area contributed by atoms with Crippen molar-refractivity contribution >= 4 is 0 Å². The van der Waals surface area contributed by atoms with Crippen LogP contribution in [0.15, 0.2) is 24.2 Å². The Balaban J connectivity index is 2.57. The van der Waals surface area contributed by atoms with Crippen molar-refractivity contribution in [3.63, 3.8) is 0 Å². The van der Waals surface area contributed by atoms with Gasteiger partial charge in [-0.05, 0) is 12.2 Å². The number of hydrogen-bond donors (Lipinski definition) is 0. The van der Waals surface area contributed by atoms with Gasteiger partial charge in [-0.15, -0.1) is 0 Å². The molecule has 0 radical (unpaired) electrons. The number of allylic oxidation sites excluding steroid dienone is 2. The summed E-state index contributed by atoms with van der Waals surface area (Å²) in [4.78, 5) is 0. The predicted octanol–water partition coefficient (Wildman–Crippen LogP) is 1.38. The van der Waals surface area contributed by atoms with Crippen molar-refractivity contribution in [1.82, 2.24) is 0 Å². The van der Waals surface area contributed by atoms with Crippen molar-refractivity contribution in [2.24, 2.45) is 0 Å². The van der Waals surface area contributed by atoms with Crippen LogP contribution in [-0.2, 0) is 4.74 Å². The lowest BCUT2D eigenvalue weighted by molar-refractivity contribution is 0.250. The summed E-state index contributed by atoms with van der Waals surface area (Å²) < 4.78 is 16.4. The van der Waals surface area contributed by atoms with Gasteiger partial charge in [-0.25, -0.2) is 4.39 Å². The van der Waals surface area contributed by atoms with E-state index in [1.807, 2.05) is 0 Å². The quantitative estimate of drug-likeness (QED) is 0.447. The maximum absolute atomic E-state index is 11.9. The van der Waals surface area contributed by atoms with Gasteiger partial charge in [0.05, 0.1) is 6.26 Å². The first-order valence-electron chi connectivity index (χ1n) is 2.02. The van der Waals surface area contributed by atoms with E-state index in [9.17, 15) is 4.39 Å². The molecule has 1 rings (SSSR count).